The Morgan fingerprint density at radius 3 is 2.36 bits per heavy atom. The predicted molar refractivity (Wildman–Crippen MR) is 93.1 cm³/mol. The summed E-state index contributed by atoms with van der Waals surface area (Å²) in [6.07, 6.45) is 1.32. The summed E-state index contributed by atoms with van der Waals surface area (Å²) in [5, 5.41) is 11.6. The third kappa shape index (κ3) is 2.83. The first-order valence-corrected chi connectivity index (χ1v) is 8.92. The van der Waals surface area contributed by atoms with Gasteiger partial charge in [-0.05, 0) is 54.8 Å². The van der Waals surface area contributed by atoms with Crippen LogP contribution >= 0.6 is 0 Å². The van der Waals surface area contributed by atoms with E-state index in [1.165, 1.54) is 24.3 Å². The number of hydrogen-bond donors (Lipinski definition) is 2. The highest BCUT2D eigenvalue weighted by Gasteiger charge is 2.35. The number of nitrogens with one attached hydrogen (secondary N) is 1. The highest BCUT2D eigenvalue weighted by atomic mass is 32.2. The zero-order valence-electron chi connectivity index (χ0n) is 13.5. The van der Waals surface area contributed by atoms with Crippen molar-refractivity contribution in [2.75, 3.05) is 5.32 Å². The molecule has 0 radical (unpaired) electrons. The lowest BCUT2D eigenvalue weighted by Gasteiger charge is -2.09. The number of carbonyl (C=O) groups excluding carboxylic acids is 1. The van der Waals surface area contributed by atoms with Crippen molar-refractivity contribution in [3.05, 3.63) is 63.6 Å². The van der Waals surface area contributed by atoms with E-state index < -0.39 is 26.6 Å². The van der Waals surface area contributed by atoms with Gasteiger partial charge >= 0.3 is 5.97 Å². The van der Waals surface area contributed by atoms with Crippen molar-refractivity contribution in [3.8, 4) is 0 Å². The minimum absolute atomic E-state index is 0.0411. The molecular weight excluding hydrogens is 342 g/mol. The molecule has 0 spiro atoms. The molecule has 1 aliphatic rings. The van der Waals surface area contributed by atoms with Gasteiger partial charge in [-0.2, -0.15) is 0 Å². The average molecular weight is 357 g/mol. The third-order valence-electron chi connectivity index (χ3n) is 4.12. The van der Waals surface area contributed by atoms with Crippen LogP contribution < -0.4 is 5.32 Å². The number of fused-ring (bicyclic) bond motifs is 1. The van der Waals surface area contributed by atoms with Crippen molar-refractivity contribution >= 4 is 33.5 Å². The van der Waals surface area contributed by atoms with Crippen LogP contribution in [0.5, 0.6) is 0 Å². The maximum absolute atomic E-state index is 12.7. The van der Waals surface area contributed by atoms with Crippen LogP contribution in [0.4, 0.5) is 5.69 Å². The van der Waals surface area contributed by atoms with Crippen LogP contribution in [0.15, 0.2) is 46.2 Å². The van der Waals surface area contributed by atoms with Crippen LogP contribution in [0, 0.1) is 13.8 Å². The minimum Gasteiger partial charge on any atom is -0.478 e. The van der Waals surface area contributed by atoms with Crippen LogP contribution in [0.3, 0.4) is 0 Å². The Balaban J connectivity index is 2.00. The number of sulfone groups is 1. The molecule has 0 aliphatic carbocycles. The summed E-state index contributed by atoms with van der Waals surface area (Å²) in [5.74, 6) is -2.08. The molecule has 1 aliphatic heterocycles. The fourth-order valence-corrected chi connectivity index (χ4v) is 4.22. The van der Waals surface area contributed by atoms with Gasteiger partial charge in [0.15, 0.2) is 0 Å². The monoisotopic (exact) mass is 357 g/mol. The van der Waals surface area contributed by atoms with Gasteiger partial charge in [0, 0.05) is 0 Å². The van der Waals surface area contributed by atoms with E-state index in [0.717, 1.165) is 11.1 Å². The third-order valence-corrected chi connectivity index (χ3v) is 5.94. The zero-order valence-corrected chi connectivity index (χ0v) is 14.3. The lowest BCUT2D eigenvalue weighted by Crippen LogP contribution is -2.20. The Morgan fingerprint density at radius 1 is 1.04 bits per heavy atom. The molecule has 25 heavy (non-hydrogen) atoms. The molecule has 7 heteroatoms. The van der Waals surface area contributed by atoms with E-state index in [2.05, 4.69) is 5.32 Å². The van der Waals surface area contributed by atoms with Crippen molar-refractivity contribution < 1.29 is 23.1 Å². The van der Waals surface area contributed by atoms with Crippen LogP contribution in [0.1, 0.15) is 27.0 Å². The quantitative estimate of drug-likeness (QED) is 0.880. The summed E-state index contributed by atoms with van der Waals surface area (Å²) in [6, 6.07) is 9.07. The summed E-state index contributed by atoms with van der Waals surface area (Å²) in [4.78, 5) is 23.4. The molecule has 6 nitrogen and oxygen atoms in total. The number of benzene rings is 2. The molecule has 0 saturated heterocycles. The van der Waals surface area contributed by atoms with Crippen LogP contribution in [-0.2, 0) is 14.6 Å². The average Bonchev–Trinajstić information content (AvgIpc) is 2.79. The predicted octanol–water partition coefficient (Wildman–Crippen LogP) is 2.77. The molecule has 0 fully saturated rings. The molecule has 1 heterocycles. The Labute approximate surface area is 144 Å². The largest absolute Gasteiger partial charge is 0.478 e. The lowest BCUT2D eigenvalue weighted by molar-refractivity contribution is -0.112. The highest BCUT2D eigenvalue weighted by Crippen LogP contribution is 2.35. The summed E-state index contributed by atoms with van der Waals surface area (Å²) in [7, 11) is -3.94. The van der Waals surface area contributed by atoms with Gasteiger partial charge in [-0.25, -0.2) is 13.2 Å². The van der Waals surface area contributed by atoms with Crippen LogP contribution in [0.2, 0.25) is 0 Å². The number of rotatable bonds is 3. The van der Waals surface area contributed by atoms with Gasteiger partial charge in [0.2, 0.25) is 9.84 Å². The first kappa shape index (κ1) is 16.9. The lowest BCUT2D eigenvalue weighted by atomic mass is 10.1. The van der Waals surface area contributed by atoms with Gasteiger partial charge in [-0.15, -0.1) is 0 Å². The van der Waals surface area contributed by atoms with Gasteiger partial charge < -0.3 is 10.4 Å². The van der Waals surface area contributed by atoms with Gasteiger partial charge in [-0.3, -0.25) is 4.79 Å². The molecule has 2 aromatic rings. The normalized spacial score (nSPS) is 14.6. The molecule has 0 bridgehead atoms. The Kier molecular flexibility index (Phi) is 3.96. The standard InChI is InChI=1S/C18H15NO5S/c1-10-7-12-9-16(25(23,24)15(12)8-11(10)2)17(20)19-14-6-4-3-5-13(14)18(21)22/h3-9H,1-2H3,(H,19,20)(H,21,22). The van der Waals surface area contributed by atoms with E-state index in [4.69, 9.17) is 5.11 Å². The summed E-state index contributed by atoms with van der Waals surface area (Å²) < 4.78 is 25.3. The maximum Gasteiger partial charge on any atom is 0.337 e. The van der Waals surface area contributed by atoms with Crippen molar-refractivity contribution in [2.45, 2.75) is 18.7 Å². The van der Waals surface area contributed by atoms with Gasteiger partial charge in [-0.1, -0.05) is 18.2 Å². The Hall–Kier alpha value is -2.93. The van der Waals surface area contributed by atoms with Crippen molar-refractivity contribution in [3.63, 3.8) is 0 Å². The molecule has 128 valence electrons. The molecule has 0 saturated carbocycles. The van der Waals surface area contributed by atoms with E-state index in [1.54, 1.807) is 25.1 Å². The first-order valence-electron chi connectivity index (χ1n) is 7.43. The number of carboxylic acids is 1. The molecule has 0 unspecified atom stereocenters. The molecule has 3 rings (SSSR count). The molecule has 0 aromatic heterocycles. The second-order valence-corrected chi connectivity index (χ2v) is 7.68. The second kappa shape index (κ2) is 5.86. The van der Waals surface area contributed by atoms with E-state index in [1.807, 2.05) is 6.92 Å². The van der Waals surface area contributed by atoms with Crippen LogP contribution in [0.25, 0.3) is 6.08 Å². The summed E-state index contributed by atoms with van der Waals surface area (Å²) >= 11 is 0. The molecule has 1 amide bonds. The number of amides is 1. The Bertz CT molecular complexity index is 1050. The van der Waals surface area contributed by atoms with Gasteiger partial charge in [0.25, 0.3) is 5.91 Å². The fraction of sp³-hybridized carbons (Fsp3) is 0.111. The van der Waals surface area contributed by atoms with Gasteiger partial charge in [0.05, 0.1) is 16.1 Å². The molecule has 0 atom stereocenters. The maximum atomic E-state index is 12.7. The number of carbonyl (C=O) groups is 2. The smallest absolute Gasteiger partial charge is 0.337 e. The van der Waals surface area contributed by atoms with E-state index in [0.29, 0.717) is 5.56 Å². The number of para-hydroxylation sites is 1. The molecule has 2 aromatic carbocycles. The molecule has 2 N–H and O–H groups in total. The van der Waals surface area contributed by atoms with Crippen molar-refractivity contribution in [1.82, 2.24) is 0 Å². The summed E-state index contributed by atoms with van der Waals surface area (Å²) in [6.45, 7) is 3.66. The Morgan fingerprint density at radius 2 is 1.68 bits per heavy atom. The topological polar surface area (TPSA) is 101 Å². The summed E-state index contributed by atoms with van der Waals surface area (Å²) in [5.41, 5.74) is 2.12. The second-order valence-electron chi connectivity index (χ2n) is 5.79. The van der Waals surface area contributed by atoms with E-state index >= 15 is 0 Å². The van der Waals surface area contributed by atoms with E-state index in [9.17, 15) is 18.0 Å². The number of aromatic carboxylic acids is 1. The van der Waals surface area contributed by atoms with E-state index in [-0.39, 0.29) is 16.1 Å². The molecular formula is C18H15NO5S. The van der Waals surface area contributed by atoms with Crippen LogP contribution in [-0.4, -0.2) is 25.4 Å². The number of hydrogen-bond acceptors (Lipinski definition) is 4. The number of aryl methyl sites for hydroxylation is 2. The minimum atomic E-state index is -3.94. The number of carboxylic acid groups (broad SMARTS) is 1. The number of anilines is 1. The highest BCUT2D eigenvalue weighted by molar-refractivity contribution is 7.96. The SMILES string of the molecule is Cc1cc2c(cc1C)S(=O)(=O)C(C(=O)Nc1ccccc1C(=O)O)=C2. The van der Waals surface area contributed by atoms with Crippen molar-refractivity contribution in [1.29, 1.82) is 0 Å². The van der Waals surface area contributed by atoms with Gasteiger partial charge in [0.1, 0.15) is 4.91 Å². The first-order chi connectivity index (χ1) is 11.7. The zero-order chi connectivity index (χ0) is 18.4. The fourth-order valence-electron chi connectivity index (χ4n) is 2.64. The van der Waals surface area contributed by atoms with Crippen molar-refractivity contribution in [2.24, 2.45) is 0 Å².